The Kier molecular flexibility index (Phi) is 4.70. The Hall–Kier alpha value is -2.25. The number of nitrogens with one attached hydrogen (secondary N) is 1. The van der Waals surface area contributed by atoms with Crippen LogP contribution in [-0.4, -0.2) is 44.9 Å². The molecule has 170 valence electrons. The molecule has 3 N–H and O–H groups in total. The Bertz CT molecular complexity index is 1040. The molecule has 4 unspecified atom stereocenters. The lowest BCUT2D eigenvalue weighted by Crippen LogP contribution is -2.57. The monoisotopic (exact) mass is 439 g/mol. The minimum absolute atomic E-state index is 0.00697. The molecule has 7 rings (SSSR count). The topological polar surface area (TPSA) is 87.4 Å². The lowest BCUT2D eigenvalue weighted by Gasteiger charge is -2.62. The fourth-order valence-electron chi connectivity index (χ4n) is 7.97. The van der Waals surface area contributed by atoms with Crippen LogP contribution in [0.2, 0.25) is 0 Å². The number of halogens is 1. The third kappa shape index (κ3) is 3.05. The smallest absolute Gasteiger partial charge is 0.317 e. The number of hydrogen-bond acceptors (Lipinski definition) is 4. The minimum atomic E-state index is -0.816. The molecule has 4 aliphatic carbocycles. The van der Waals surface area contributed by atoms with Crippen LogP contribution < -0.4 is 5.32 Å². The first-order valence-electron chi connectivity index (χ1n) is 11.9. The highest BCUT2D eigenvalue weighted by atomic mass is 19.1. The maximum atomic E-state index is 14.9. The summed E-state index contributed by atoms with van der Waals surface area (Å²) in [4.78, 5) is 15.2. The van der Waals surface area contributed by atoms with E-state index in [2.05, 4.69) is 10.3 Å². The third-order valence-corrected chi connectivity index (χ3v) is 8.99. The molecule has 4 saturated carbocycles. The first kappa shape index (κ1) is 20.4. The fourth-order valence-corrected chi connectivity index (χ4v) is 7.97. The summed E-state index contributed by atoms with van der Waals surface area (Å²) in [5.41, 5.74) is 2.39. The van der Waals surface area contributed by atoms with E-state index < -0.39 is 12.1 Å². The SMILES string of the molecule is O=C(O)CNCC1C2CC3CC1CC(C(O)CC1c4c(F)cccc4-c4cncn41)(C3)C2. The van der Waals surface area contributed by atoms with Crippen molar-refractivity contribution in [2.75, 3.05) is 13.1 Å². The van der Waals surface area contributed by atoms with Crippen LogP contribution >= 0.6 is 0 Å². The molecule has 6 nitrogen and oxygen atoms in total. The van der Waals surface area contributed by atoms with Gasteiger partial charge in [-0.15, -0.1) is 0 Å². The van der Waals surface area contributed by atoms with E-state index in [1.807, 2.05) is 10.6 Å². The number of hydrogen-bond donors (Lipinski definition) is 3. The number of nitrogens with zero attached hydrogens (tertiary/aromatic N) is 2. The summed E-state index contributed by atoms with van der Waals surface area (Å²) in [5, 5.41) is 23.7. The van der Waals surface area contributed by atoms with Crippen LogP contribution in [0.1, 0.15) is 50.1 Å². The number of fused-ring (bicyclic) bond motifs is 3. The molecule has 0 amide bonds. The highest BCUT2D eigenvalue weighted by molar-refractivity contribution is 5.69. The molecule has 7 heteroatoms. The predicted octanol–water partition coefficient (Wildman–Crippen LogP) is 3.46. The largest absolute Gasteiger partial charge is 0.480 e. The van der Waals surface area contributed by atoms with Crippen LogP contribution in [0.4, 0.5) is 4.39 Å². The summed E-state index contributed by atoms with van der Waals surface area (Å²) in [6.07, 6.45) is 8.99. The summed E-state index contributed by atoms with van der Waals surface area (Å²) >= 11 is 0. The maximum absolute atomic E-state index is 14.9. The fraction of sp³-hybridized carbons (Fsp3) is 0.600. The second kappa shape index (κ2) is 7.39. The predicted molar refractivity (Wildman–Crippen MR) is 116 cm³/mol. The molecule has 0 radical (unpaired) electrons. The second-order valence-electron chi connectivity index (χ2n) is 10.7. The van der Waals surface area contributed by atoms with Gasteiger partial charge in [0.25, 0.3) is 0 Å². The van der Waals surface area contributed by atoms with E-state index in [1.54, 1.807) is 18.6 Å². The van der Waals surface area contributed by atoms with Gasteiger partial charge in [0.15, 0.2) is 0 Å². The van der Waals surface area contributed by atoms with Crippen LogP contribution in [0.5, 0.6) is 0 Å². The highest BCUT2D eigenvalue weighted by Crippen LogP contribution is 2.64. The van der Waals surface area contributed by atoms with E-state index >= 15 is 0 Å². The Balaban J connectivity index is 1.23. The van der Waals surface area contributed by atoms with Gasteiger partial charge >= 0.3 is 5.97 Å². The average molecular weight is 440 g/mol. The van der Waals surface area contributed by atoms with Crippen LogP contribution in [-0.2, 0) is 4.79 Å². The van der Waals surface area contributed by atoms with Gasteiger partial charge < -0.3 is 20.1 Å². The van der Waals surface area contributed by atoms with Gasteiger partial charge in [-0.25, -0.2) is 9.37 Å². The van der Waals surface area contributed by atoms with Crippen molar-refractivity contribution in [1.29, 1.82) is 0 Å². The van der Waals surface area contributed by atoms with Crippen molar-refractivity contribution >= 4 is 5.97 Å². The Labute approximate surface area is 186 Å². The summed E-state index contributed by atoms with van der Waals surface area (Å²) in [7, 11) is 0. The molecule has 4 bridgehead atoms. The van der Waals surface area contributed by atoms with Gasteiger partial charge in [0.05, 0.1) is 36.9 Å². The molecule has 5 aliphatic rings. The van der Waals surface area contributed by atoms with Crippen LogP contribution in [0.15, 0.2) is 30.7 Å². The Morgan fingerprint density at radius 1 is 1.28 bits per heavy atom. The molecule has 0 spiro atoms. The molecular formula is C25H30FN3O3. The molecule has 2 heterocycles. The molecule has 4 fully saturated rings. The number of aliphatic hydroxyl groups excluding tert-OH is 1. The van der Waals surface area contributed by atoms with Gasteiger partial charge in [0.2, 0.25) is 0 Å². The number of aliphatic carboxylic acids is 1. The lowest BCUT2D eigenvalue weighted by atomic mass is 9.44. The standard InChI is InChI=1S/C25H30FN3O3/c26-19-3-1-2-17-21-11-28-13-29(21)20(24(17)19)6-22(30)25-7-14-4-15(8-25)18(16(5-14)9-25)10-27-12-23(31)32/h1-3,11,13-16,18,20,22,27,30H,4-10,12H2,(H,31,32). The first-order chi connectivity index (χ1) is 15.4. The van der Waals surface area contributed by atoms with Gasteiger partial charge in [0.1, 0.15) is 5.82 Å². The number of aliphatic hydroxyl groups is 1. The second-order valence-corrected chi connectivity index (χ2v) is 10.7. The number of imidazole rings is 1. The number of carboxylic acids is 1. The third-order valence-electron chi connectivity index (χ3n) is 8.99. The number of benzene rings is 1. The van der Waals surface area contributed by atoms with Crippen molar-refractivity contribution in [1.82, 2.24) is 14.9 Å². The minimum Gasteiger partial charge on any atom is -0.480 e. The van der Waals surface area contributed by atoms with E-state index in [1.165, 1.54) is 18.9 Å². The number of carbonyl (C=O) groups is 1. The summed E-state index contributed by atoms with van der Waals surface area (Å²) in [5.74, 6) is 1.19. The zero-order chi connectivity index (χ0) is 22.0. The van der Waals surface area contributed by atoms with Gasteiger partial charge in [-0.3, -0.25) is 4.79 Å². The molecule has 1 aromatic heterocycles. The van der Waals surface area contributed by atoms with Crippen molar-refractivity contribution in [3.8, 4) is 11.3 Å². The van der Waals surface area contributed by atoms with Gasteiger partial charge in [-0.05, 0) is 80.2 Å². The molecule has 1 aromatic carbocycles. The zero-order valence-electron chi connectivity index (χ0n) is 18.1. The number of rotatable bonds is 7. The maximum Gasteiger partial charge on any atom is 0.317 e. The highest BCUT2D eigenvalue weighted by Gasteiger charge is 2.57. The van der Waals surface area contributed by atoms with Crippen LogP contribution in [0, 0.1) is 34.9 Å². The molecular weight excluding hydrogens is 409 g/mol. The van der Waals surface area contributed by atoms with Crippen molar-refractivity contribution in [2.24, 2.45) is 29.1 Å². The van der Waals surface area contributed by atoms with Crippen LogP contribution in [0.3, 0.4) is 0 Å². The summed E-state index contributed by atoms with van der Waals surface area (Å²) in [6.45, 7) is 0.757. The Morgan fingerprint density at radius 3 is 2.81 bits per heavy atom. The summed E-state index contributed by atoms with van der Waals surface area (Å²) in [6, 6.07) is 4.97. The van der Waals surface area contributed by atoms with E-state index in [0.29, 0.717) is 35.7 Å². The van der Waals surface area contributed by atoms with Crippen LogP contribution in [0.25, 0.3) is 11.3 Å². The molecule has 4 atom stereocenters. The number of carboxylic acid groups (broad SMARTS) is 1. The average Bonchev–Trinajstić information content (AvgIpc) is 3.33. The molecule has 32 heavy (non-hydrogen) atoms. The zero-order valence-corrected chi connectivity index (χ0v) is 18.1. The van der Waals surface area contributed by atoms with E-state index in [4.69, 9.17) is 5.11 Å². The quantitative estimate of drug-likeness (QED) is 0.615. The van der Waals surface area contributed by atoms with E-state index in [9.17, 15) is 14.3 Å². The van der Waals surface area contributed by atoms with Crippen molar-refractivity contribution in [2.45, 2.75) is 50.7 Å². The Morgan fingerprint density at radius 2 is 2.06 bits per heavy atom. The van der Waals surface area contributed by atoms with Gasteiger partial charge in [-0.2, -0.15) is 0 Å². The van der Waals surface area contributed by atoms with Crippen molar-refractivity contribution in [3.63, 3.8) is 0 Å². The lowest BCUT2D eigenvalue weighted by molar-refractivity contribution is -0.150. The van der Waals surface area contributed by atoms with E-state index in [-0.39, 0.29) is 23.8 Å². The molecule has 0 saturated heterocycles. The van der Waals surface area contributed by atoms with Crippen molar-refractivity contribution in [3.05, 3.63) is 42.1 Å². The summed E-state index contributed by atoms with van der Waals surface area (Å²) < 4.78 is 16.9. The molecule has 2 aromatic rings. The number of aromatic nitrogens is 2. The normalized spacial score (nSPS) is 35.0. The van der Waals surface area contributed by atoms with Gasteiger partial charge in [-0.1, -0.05) is 12.1 Å². The van der Waals surface area contributed by atoms with Gasteiger partial charge in [0, 0.05) is 11.1 Å². The van der Waals surface area contributed by atoms with Crippen molar-refractivity contribution < 1.29 is 19.4 Å². The molecule has 1 aliphatic heterocycles. The van der Waals surface area contributed by atoms with E-state index in [0.717, 1.165) is 37.1 Å². The first-order valence-corrected chi connectivity index (χ1v) is 11.9.